The number of nitrogens with zero attached hydrogens (tertiary/aromatic N) is 6. The van der Waals surface area contributed by atoms with Crippen molar-refractivity contribution in [2.24, 2.45) is 0 Å². The molecule has 0 spiro atoms. The van der Waals surface area contributed by atoms with Gasteiger partial charge in [0.1, 0.15) is 29.0 Å². The average Bonchev–Trinajstić information content (AvgIpc) is 3.32. The maximum absolute atomic E-state index is 13.7. The first-order valence-corrected chi connectivity index (χ1v) is 13.1. The number of benzene rings is 1. The molecule has 0 unspecified atom stereocenters. The summed E-state index contributed by atoms with van der Waals surface area (Å²) in [4.78, 5) is 12.7. The molecule has 1 aromatic carbocycles. The summed E-state index contributed by atoms with van der Waals surface area (Å²) in [6.45, 7) is 3.38. The zero-order chi connectivity index (χ0) is 26.6. The van der Waals surface area contributed by atoms with Gasteiger partial charge in [-0.2, -0.15) is 0 Å². The van der Waals surface area contributed by atoms with Gasteiger partial charge in [0.25, 0.3) is 0 Å². The highest BCUT2D eigenvalue weighted by molar-refractivity contribution is 7.91. The Morgan fingerprint density at radius 3 is 2.24 bits per heavy atom. The first kappa shape index (κ1) is 26.2. The zero-order valence-corrected chi connectivity index (χ0v) is 22.0. The first-order chi connectivity index (χ1) is 17.8. The second-order valence-electron chi connectivity index (χ2n) is 8.28. The predicted octanol–water partition coefficient (Wildman–Crippen LogP) is 3.14. The van der Waals surface area contributed by atoms with Gasteiger partial charge >= 0.3 is 0 Å². The number of pyridine rings is 1. The van der Waals surface area contributed by atoms with Crippen molar-refractivity contribution in [3.63, 3.8) is 0 Å². The molecule has 4 rings (SSSR count). The lowest BCUT2D eigenvalue weighted by molar-refractivity contribution is 0.0983. The number of sulfone groups is 1. The van der Waals surface area contributed by atoms with Crippen LogP contribution in [0, 0.1) is 6.92 Å². The van der Waals surface area contributed by atoms with Crippen molar-refractivity contribution in [1.82, 2.24) is 29.7 Å². The quantitative estimate of drug-likeness (QED) is 0.305. The molecule has 4 aromatic rings. The summed E-state index contributed by atoms with van der Waals surface area (Å²) in [5.74, 6) is 1.06. The molecule has 3 heterocycles. The van der Waals surface area contributed by atoms with Crippen molar-refractivity contribution in [1.29, 1.82) is 0 Å². The third-order valence-corrected chi connectivity index (χ3v) is 7.99. The summed E-state index contributed by atoms with van der Waals surface area (Å²) >= 11 is 0. The molecule has 12 heteroatoms. The van der Waals surface area contributed by atoms with E-state index in [9.17, 15) is 8.42 Å². The minimum atomic E-state index is -3.83. The monoisotopic (exact) mass is 524 g/mol. The van der Waals surface area contributed by atoms with Crippen molar-refractivity contribution in [3.8, 4) is 28.6 Å². The van der Waals surface area contributed by atoms with Crippen LogP contribution in [0.3, 0.4) is 0 Å². The molecule has 0 aliphatic heterocycles. The summed E-state index contributed by atoms with van der Waals surface area (Å²) in [5.41, 5.74) is 2.26. The smallest absolute Gasteiger partial charge is 0.170 e. The predicted molar refractivity (Wildman–Crippen MR) is 136 cm³/mol. The number of hydrogen-bond acceptors (Lipinski definition) is 10. The van der Waals surface area contributed by atoms with E-state index in [1.165, 1.54) is 27.5 Å². The van der Waals surface area contributed by atoms with Crippen LogP contribution in [0.4, 0.5) is 0 Å². The lowest BCUT2D eigenvalue weighted by Gasteiger charge is -2.22. The van der Waals surface area contributed by atoms with Crippen LogP contribution in [-0.4, -0.2) is 64.7 Å². The van der Waals surface area contributed by atoms with Crippen molar-refractivity contribution < 1.29 is 22.6 Å². The van der Waals surface area contributed by atoms with Crippen LogP contribution >= 0.6 is 0 Å². The highest BCUT2D eigenvalue weighted by Crippen LogP contribution is 2.37. The average molecular weight is 525 g/mol. The van der Waals surface area contributed by atoms with Crippen LogP contribution in [0.15, 0.2) is 55.1 Å². The number of methoxy groups -OCH3 is 3. The lowest BCUT2D eigenvalue weighted by Crippen LogP contribution is -2.29. The molecule has 0 saturated carbocycles. The van der Waals surface area contributed by atoms with E-state index < -0.39 is 26.9 Å². The Labute approximate surface area is 215 Å². The minimum Gasteiger partial charge on any atom is -0.494 e. The lowest BCUT2D eigenvalue weighted by atomic mass is 10.2. The van der Waals surface area contributed by atoms with Gasteiger partial charge < -0.3 is 14.2 Å². The van der Waals surface area contributed by atoms with E-state index in [0.717, 1.165) is 5.69 Å². The number of aromatic nitrogens is 6. The topological polar surface area (TPSA) is 131 Å². The Morgan fingerprint density at radius 1 is 0.946 bits per heavy atom. The number of para-hydroxylation sites is 1. The summed E-state index contributed by atoms with van der Waals surface area (Å²) < 4.78 is 45.8. The van der Waals surface area contributed by atoms with Crippen LogP contribution < -0.4 is 9.47 Å². The van der Waals surface area contributed by atoms with E-state index in [1.54, 1.807) is 61.3 Å². The van der Waals surface area contributed by atoms with Gasteiger partial charge in [-0.1, -0.05) is 6.07 Å². The number of aryl methyl sites for hydroxylation is 1. The van der Waals surface area contributed by atoms with Crippen LogP contribution in [0.1, 0.15) is 30.2 Å². The standard InChI is InChI=1S/C25H28N6O5S/c1-16-12-28-19(14-27-16)24(36-5)17(2)37(32,33)15-22-29-30-25(18-8-7-11-26-13-18)31(22)23-20(34-3)9-6-10-21(23)35-4/h6-14,17,24H,15H2,1-5H3/t17-,24-/m0/s1. The van der Waals surface area contributed by atoms with Gasteiger partial charge in [0, 0.05) is 31.3 Å². The molecule has 37 heavy (non-hydrogen) atoms. The Hall–Kier alpha value is -3.90. The second kappa shape index (κ2) is 11.0. The third-order valence-electron chi connectivity index (χ3n) is 5.94. The third kappa shape index (κ3) is 5.30. The fourth-order valence-corrected chi connectivity index (χ4v) is 5.42. The van der Waals surface area contributed by atoms with Crippen LogP contribution in [0.25, 0.3) is 17.1 Å². The van der Waals surface area contributed by atoms with Gasteiger partial charge in [0.05, 0.1) is 37.1 Å². The highest BCUT2D eigenvalue weighted by atomic mass is 32.2. The van der Waals surface area contributed by atoms with Crippen molar-refractivity contribution in [2.75, 3.05) is 21.3 Å². The van der Waals surface area contributed by atoms with E-state index in [2.05, 4.69) is 25.1 Å². The molecule has 0 radical (unpaired) electrons. The molecule has 3 aromatic heterocycles. The molecule has 0 aliphatic carbocycles. The Kier molecular flexibility index (Phi) is 7.79. The molecule has 0 fully saturated rings. The van der Waals surface area contributed by atoms with E-state index >= 15 is 0 Å². The summed E-state index contributed by atoms with van der Waals surface area (Å²) in [6, 6.07) is 8.86. The summed E-state index contributed by atoms with van der Waals surface area (Å²) in [5, 5.41) is 7.66. The molecule has 194 valence electrons. The van der Waals surface area contributed by atoms with Crippen molar-refractivity contribution in [2.45, 2.75) is 31.0 Å². The van der Waals surface area contributed by atoms with E-state index in [4.69, 9.17) is 14.2 Å². The van der Waals surface area contributed by atoms with Gasteiger partial charge in [0.2, 0.25) is 0 Å². The molecule has 0 saturated heterocycles. The molecular formula is C25H28N6O5S. The Bertz CT molecular complexity index is 1440. The Morgan fingerprint density at radius 2 is 1.68 bits per heavy atom. The molecular weight excluding hydrogens is 496 g/mol. The van der Waals surface area contributed by atoms with Gasteiger partial charge in [-0.05, 0) is 38.1 Å². The second-order valence-corrected chi connectivity index (χ2v) is 10.6. The molecule has 0 aliphatic rings. The van der Waals surface area contributed by atoms with E-state index in [1.807, 2.05) is 6.07 Å². The number of rotatable bonds is 10. The molecule has 2 atom stereocenters. The molecule has 0 amide bonds. The van der Waals surface area contributed by atoms with Crippen LogP contribution in [0.2, 0.25) is 0 Å². The zero-order valence-electron chi connectivity index (χ0n) is 21.2. The van der Waals surface area contributed by atoms with Gasteiger partial charge in [-0.15, -0.1) is 10.2 Å². The highest BCUT2D eigenvalue weighted by Gasteiger charge is 2.34. The first-order valence-electron chi connectivity index (χ1n) is 11.4. The summed E-state index contributed by atoms with van der Waals surface area (Å²) in [6.07, 6.45) is 5.54. The number of hydrogen-bond donors (Lipinski definition) is 0. The molecule has 11 nitrogen and oxygen atoms in total. The maximum Gasteiger partial charge on any atom is 0.170 e. The molecule has 0 bridgehead atoms. The normalized spacial score (nSPS) is 13.2. The van der Waals surface area contributed by atoms with Crippen LogP contribution in [0.5, 0.6) is 11.5 Å². The van der Waals surface area contributed by atoms with E-state index in [0.29, 0.717) is 34.3 Å². The van der Waals surface area contributed by atoms with Crippen LogP contribution in [-0.2, 0) is 20.3 Å². The van der Waals surface area contributed by atoms with Gasteiger partial charge in [-0.3, -0.25) is 19.5 Å². The largest absolute Gasteiger partial charge is 0.494 e. The SMILES string of the molecule is COc1cccc(OC)c1-n1c(CS(=O)(=O)[C@@H](C)[C@H](OC)c2cnc(C)cn2)nnc1-c1cccnc1. The molecule has 0 N–H and O–H groups in total. The maximum atomic E-state index is 13.7. The van der Waals surface area contributed by atoms with E-state index in [-0.39, 0.29) is 5.82 Å². The minimum absolute atomic E-state index is 0.179. The van der Waals surface area contributed by atoms with Gasteiger partial charge in [0.15, 0.2) is 21.5 Å². The van der Waals surface area contributed by atoms with Gasteiger partial charge in [-0.25, -0.2) is 8.42 Å². The van der Waals surface area contributed by atoms with Crippen molar-refractivity contribution in [3.05, 3.63) is 72.3 Å². The summed E-state index contributed by atoms with van der Waals surface area (Å²) in [7, 11) is 0.660. The number of ether oxygens (including phenoxy) is 3. The fraction of sp³-hybridized carbons (Fsp3) is 0.320. The fourth-order valence-electron chi connectivity index (χ4n) is 3.98. The van der Waals surface area contributed by atoms with Crippen molar-refractivity contribution >= 4 is 9.84 Å². The Balaban J connectivity index is 1.83.